The molecule has 1 aliphatic rings. The largest absolute Gasteiger partial charge is 0.462 e. The van der Waals surface area contributed by atoms with Crippen molar-refractivity contribution in [3.05, 3.63) is 29.6 Å². The van der Waals surface area contributed by atoms with E-state index in [4.69, 9.17) is 9.47 Å². The molecule has 0 amide bonds. The zero-order valence-electron chi connectivity index (χ0n) is 7.90. The molecule has 0 saturated carbocycles. The second-order valence-corrected chi connectivity index (χ2v) is 3.01. The molecule has 0 aliphatic carbocycles. The van der Waals surface area contributed by atoms with Crippen molar-refractivity contribution in [1.29, 1.82) is 0 Å². The number of epoxide rings is 1. The van der Waals surface area contributed by atoms with Gasteiger partial charge in [0.05, 0.1) is 24.5 Å². The van der Waals surface area contributed by atoms with Gasteiger partial charge in [0.25, 0.3) is 0 Å². The predicted molar refractivity (Wildman–Crippen MR) is 48.9 cm³/mol. The highest BCUT2D eigenvalue weighted by Gasteiger charge is 2.26. The Morgan fingerprint density at radius 2 is 2.50 bits per heavy atom. The molecule has 0 N–H and O–H groups in total. The molecule has 74 valence electrons. The summed E-state index contributed by atoms with van der Waals surface area (Å²) in [6.45, 7) is 2.88. The Labute approximate surface area is 81.9 Å². The monoisotopic (exact) mass is 193 g/mol. The van der Waals surface area contributed by atoms with Crippen LogP contribution in [0.1, 0.15) is 29.1 Å². The molecular formula is C10H11NO3. The fourth-order valence-corrected chi connectivity index (χ4v) is 1.15. The number of carbonyl (C=O) groups excluding carboxylic acids is 1. The van der Waals surface area contributed by atoms with E-state index in [1.165, 1.54) is 6.20 Å². The molecule has 1 aromatic rings. The Morgan fingerprint density at radius 3 is 3.00 bits per heavy atom. The number of esters is 1. The summed E-state index contributed by atoms with van der Waals surface area (Å²) in [5, 5.41) is 0. The number of hydrogen-bond acceptors (Lipinski definition) is 4. The number of rotatable bonds is 3. The summed E-state index contributed by atoms with van der Waals surface area (Å²) in [5.74, 6) is -0.330. The lowest BCUT2D eigenvalue weighted by Crippen LogP contribution is -2.05. The second kappa shape index (κ2) is 3.75. The average molecular weight is 193 g/mol. The second-order valence-electron chi connectivity index (χ2n) is 3.01. The van der Waals surface area contributed by atoms with Crippen molar-refractivity contribution < 1.29 is 14.3 Å². The summed E-state index contributed by atoms with van der Waals surface area (Å²) in [6.07, 6.45) is 1.65. The van der Waals surface area contributed by atoms with Gasteiger partial charge in [-0.3, -0.25) is 4.98 Å². The van der Waals surface area contributed by atoms with Crippen LogP contribution in [0.3, 0.4) is 0 Å². The van der Waals surface area contributed by atoms with Crippen LogP contribution < -0.4 is 0 Å². The van der Waals surface area contributed by atoms with E-state index in [0.717, 1.165) is 12.3 Å². The quantitative estimate of drug-likeness (QED) is 0.536. The lowest BCUT2D eigenvalue weighted by atomic mass is 10.2. The van der Waals surface area contributed by atoms with Gasteiger partial charge < -0.3 is 9.47 Å². The third-order valence-electron chi connectivity index (χ3n) is 1.96. The van der Waals surface area contributed by atoms with E-state index in [1.807, 2.05) is 0 Å². The summed E-state index contributed by atoms with van der Waals surface area (Å²) in [4.78, 5) is 15.4. The van der Waals surface area contributed by atoms with Crippen LogP contribution in [-0.2, 0) is 9.47 Å². The highest BCUT2D eigenvalue weighted by atomic mass is 16.6. The Kier molecular flexibility index (Phi) is 2.45. The zero-order chi connectivity index (χ0) is 9.97. The van der Waals surface area contributed by atoms with Gasteiger partial charge >= 0.3 is 5.97 Å². The molecule has 14 heavy (non-hydrogen) atoms. The number of hydrogen-bond donors (Lipinski definition) is 0. The Hall–Kier alpha value is -1.42. The van der Waals surface area contributed by atoms with Gasteiger partial charge in [-0.1, -0.05) is 0 Å². The first kappa shape index (κ1) is 9.15. The zero-order valence-corrected chi connectivity index (χ0v) is 7.90. The molecule has 1 saturated heterocycles. The molecule has 0 spiro atoms. The molecule has 0 bridgehead atoms. The maximum absolute atomic E-state index is 11.2. The fraction of sp³-hybridized carbons (Fsp3) is 0.400. The van der Waals surface area contributed by atoms with E-state index >= 15 is 0 Å². The summed E-state index contributed by atoms with van der Waals surface area (Å²) < 4.78 is 9.90. The van der Waals surface area contributed by atoms with Crippen molar-refractivity contribution in [3.63, 3.8) is 0 Å². The van der Waals surface area contributed by atoms with Crippen LogP contribution in [0.15, 0.2) is 18.3 Å². The molecule has 0 aromatic carbocycles. The highest BCUT2D eigenvalue weighted by molar-refractivity contribution is 5.88. The Balaban J connectivity index is 2.08. The van der Waals surface area contributed by atoms with E-state index in [0.29, 0.717) is 12.2 Å². The minimum Gasteiger partial charge on any atom is -0.462 e. The molecule has 1 fully saturated rings. The molecule has 1 aliphatic heterocycles. The maximum Gasteiger partial charge on any atom is 0.339 e. The van der Waals surface area contributed by atoms with Crippen LogP contribution in [0.2, 0.25) is 0 Å². The molecule has 1 unspecified atom stereocenters. The van der Waals surface area contributed by atoms with E-state index in [-0.39, 0.29) is 12.1 Å². The Bertz CT molecular complexity index is 330. The van der Waals surface area contributed by atoms with Crippen molar-refractivity contribution in [2.45, 2.75) is 13.0 Å². The summed E-state index contributed by atoms with van der Waals surface area (Å²) in [7, 11) is 0. The smallest absolute Gasteiger partial charge is 0.339 e. The SMILES string of the molecule is CCOC(=O)c1ccc(C2CO2)nc1. The molecule has 4 heteroatoms. The predicted octanol–water partition coefficient (Wildman–Crippen LogP) is 1.33. The van der Waals surface area contributed by atoms with Crippen molar-refractivity contribution in [2.75, 3.05) is 13.2 Å². The minimum absolute atomic E-state index is 0.131. The number of carbonyl (C=O) groups is 1. The Morgan fingerprint density at radius 1 is 1.71 bits per heavy atom. The average Bonchev–Trinajstić information content (AvgIpc) is 3.02. The third-order valence-corrected chi connectivity index (χ3v) is 1.96. The van der Waals surface area contributed by atoms with Gasteiger partial charge in [0.2, 0.25) is 0 Å². The van der Waals surface area contributed by atoms with E-state index in [1.54, 1.807) is 19.1 Å². The van der Waals surface area contributed by atoms with Crippen molar-refractivity contribution in [2.24, 2.45) is 0 Å². The van der Waals surface area contributed by atoms with Crippen molar-refractivity contribution in [1.82, 2.24) is 4.98 Å². The van der Waals surface area contributed by atoms with Crippen LogP contribution in [0, 0.1) is 0 Å². The number of nitrogens with zero attached hydrogens (tertiary/aromatic N) is 1. The fourth-order valence-electron chi connectivity index (χ4n) is 1.15. The van der Waals surface area contributed by atoms with Crippen LogP contribution in [0.25, 0.3) is 0 Å². The summed E-state index contributed by atoms with van der Waals surface area (Å²) in [5.41, 5.74) is 1.36. The standard InChI is InChI=1S/C10H11NO3/c1-2-13-10(12)7-3-4-8(11-5-7)9-6-14-9/h3-5,9H,2,6H2,1H3. The first-order chi connectivity index (χ1) is 6.81. The number of aromatic nitrogens is 1. The first-order valence-corrected chi connectivity index (χ1v) is 4.56. The first-order valence-electron chi connectivity index (χ1n) is 4.56. The summed E-state index contributed by atoms with van der Waals surface area (Å²) in [6, 6.07) is 3.51. The molecule has 2 rings (SSSR count). The highest BCUT2D eigenvalue weighted by Crippen LogP contribution is 2.27. The van der Waals surface area contributed by atoms with Gasteiger partial charge in [-0.15, -0.1) is 0 Å². The topological polar surface area (TPSA) is 51.7 Å². The van der Waals surface area contributed by atoms with Gasteiger partial charge in [0.15, 0.2) is 0 Å². The van der Waals surface area contributed by atoms with Crippen LogP contribution in [0.4, 0.5) is 0 Å². The van der Waals surface area contributed by atoms with Crippen LogP contribution in [0.5, 0.6) is 0 Å². The van der Waals surface area contributed by atoms with Crippen molar-refractivity contribution >= 4 is 5.97 Å². The normalized spacial score (nSPS) is 19.1. The number of pyridine rings is 1. The van der Waals surface area contributed by atoms with Gasteiger partial charge in [0, 0.05) is 6.20 Å². The van der Waals surface area contributed by atoms with Gasteiger partial charge in [-0.2, -0.15) is 0 Å². The lowest BCUT2D eigenvalue weighted by molar-refractivity contribution is 0.0526. The minimum atomic E-state index is -0.330. The van der Waals surface area contributed by atoms with E-state index < -0.39 is 0 Å². The van der Waals surface area contributed by atoms with Crippen molar-refractivity contribution in [3.8, 4) is 0 Å². The molecule has 1 atom stereocenters. The summed E-state index contributed by atoms with van der Waals surface area (Å²) >= 11 is 0. The van der Waals surface area contributed by atoms with Gasteiger partial charge in [0.1, 0.15) is 6.10 Å². The van der Waals surface area contributed by atoms with E-state index in [2.05, 4.69) is 4.98 Å². The van der Waals surface area contributed by atoms with Crippen LogP contribution >= 0.6 is 0 Å². The van der Waals surface area contributed by atoms with Gasteiger partial charge in [-0.05, 0) is 19.1 Å². The molecule has 2 heterocycles. The lowest BCUT2D eigenvalue weighted by Gasteiger charge is -2.01. The number of ether oxygens (including phenoxy) is 2. The van der Waals surface area contributed by atoms with E-state index in [9.17, 15) is 4.79 Å². The van der Waals surface area contributed by atoms with Crippen LogP contribution in [-0.4, -0.2) is 24.2 Å². The molecule has 4 nitrogen and oxygen atoms in total. The third kappa shape index (κ3) is 1.90. The molecular weight excluding hydrogens is 182 g/mol. The maximum atomic E-state index is 11.2. The molecule has 0 radical (unpaired) electrons. The molecule has 1 aromatic heterocycles. The van der Waals surface area contributed by atoms with Gasteiger partial charge in [-0.25, -0.2) is 4.79 Å².